The van der Waals surface area contributed by atoms with Crippen LogP contribution in [0.15, 0.2) is 5.38 Å². The van der Waals surface area contributed by atoms with Gasteiger partial charge in [0.05, 0.1) is 11.6 Å². The van der Waals surface area contributed by atoms with Crippen LogP contribution < -0.4 is 0 Å². The minimum absolute atomic E-state index is 0.454. The van der Waals surface area contributed by atoms with Crippen LogP contribution in [0.2, 0.25) is 0 Å². The third-order valence-electron chi connectivity index (χ3n) is 5.25. The van der Waals surface area contributed by atoms with E-state index in [1.165, 1.54) is 44.2 Å². The van der Waals surface area contributed by atoms with Gasteiger partial charge in [0.1, 0.15) is 5.01 Å². The molecule has 0 unspecified atom stereocenters. The lowest BCUT2D eigenvalue weighted by Gasteiger charge is -2.56. The first kappa shape index (κ1) is 10.8. The Labute approximate surface area is 112 Å². The van der Waals surface area contributed by atoms with Crippen LogP contribution in [0, 0.1) is 17.8 Å². The standard InChI is InChI=1S/C14H18ClNS/c15-7-13-16-12(8-17-13)14-4-9-1-10(5-14)3-11(2-9)6-14/h8-11H,1-7H2. The quantitative estimate of drug-likeness (QED) is 0.726. The summed E-state index contributed by atoms with van der Waals surface area (Å²) in [6, 6.07) is 0. The summed E-state index contributed by atoms with van der Waals surface area (Å²) in [4.78, 5) is 4.81. The van der Waals surface area contributed by atoms with E-state index in [1.807, 2.05) is 0 Å². The fourth-order valence-corrected chi connectivity index (χ4v) is 6.05. The molecule has 0 atom stereocenters. The summed E-state index contributed by atoms with van der Waals surface area (Å²) >= 11 is 7.65. The fourth-order valence-electron chi connectivity index (χ4n) is 5.04. The van der Waals surface area contributed by atoms with Gasteiger partial charge in [-0.05, 0) is 56.3 Å². The summed E-state index contributed by atoms with van der Waals surface area (Å²) in [7, 11) is 0. The Hall–Kier alpha value is -0.0800. The number of nitrogens with zero attached hydrogens (tertiary/aromatic N) is 1. The maximum atomic E-state index is 5.90. The Morgan fingerprint density at radius 2 is 1.76 bits per heavy atom. The second kappa shape index (κ2) is 3.71. The molecule has 4 aliphatic rings. The molecule has 1 aromatic heterocycles. The molecule has 1 heterocycles. The summed E-state index contributed by atoms with van der Waals surface area (Å²) < 4.78 is 0. The summed E-state index contributed by atoms with van der Waals surface area (Å²) in [5.41, 5.74) is 1.84. The van der Waals surface area contributed by atoms with Gasteiger partial charge in [0.15, 0.2) is 0 Å². The van der Waals surface area contributed by atoms with Gasteiger partial charge in [0.2, 0.25) is 0 Å². The second-order valence-corrected chi connectivity index (χ2v) is 7.67. The van der Waals surface area contributed by atoms with E-state index >= 15 is 0 Å². The molecule has 1 nitrogen and oxygen atoms in total. The zero-order valence-electron chi connectivity index (χ0n) is 9.99. The molecule has 0 aliphatic heterocycles. The zero-order chi connectivity index (χ0) is 11.5. The van der Waals surface area contributed by atoms with Gasteiger partial charge in [-0.15, -0.1) is 22.9 Å². The lowest BCUT2D eigenvalue weighted by atomic mass is 9.49. The van der Waals surface area contributed by atoms with Crippen LogP contribution in [-0.4, -0.2) is 4.98 Å². The van der Waals surface area contributed by atoms with Gasteiger partial charge in [0, 0.05) is 10.8 Å². The van der Waals surface area contributed by atoms with Crippen LogP contribution >= 0.6 is 22.9 Å². The van der Waals surface area contributed by atoms with Crippen molar-refractivity contribution in [3.05, 3.63) is 16.1 Å². The number of rotatable bonds is 2. The van der Waals surface area contributed by atoms with Gasteiger partial charge >= 0.3 is 0 Å². The van der Waals surface area contributed by atoms with E-state index in [9.17, 15) is 0 Å². The molecule has 4 fully saturated rings. The normalized spacial score (nSPS) is 43.2. The highest BCUT2D eigenvalue weighted by atomic mass is 35.5. The number of alkyl halides is 1. The van der Waals surface area contributed by atoms with Crippen LogP contribution in [0.4, 0.5) is 0 Å². The van der Waals surface area contributed by atoms with Gasteiger partial charge in [-0.25, -0.2) is 4.98 Å². The van der Waals surface area contributed by atoms with Gasteiger partial charge in [-0.1, -0.05) is 0 Å². The molecule has 4 bridgehead atoms. The van der Waals surface area contributed by atoms with Gasteiger partial charge in [0.25, 0.3) is 0 Å². The van der Waals surface area contributed by atoms with E-state index in [0.717, 1.165) is 22.8 Å². The van der Waals surface area contributed by atoms with Crippen molar-refractivity contribution >= 4 is 22.9 Å². The van der Waals surface area contributed by atoms with Gasteiger partial charge < -0.3 is 0 Å². The van der Waals surface area contributed by atoms with E-state index in [0.29, 0.717) is 11.3 Å². The molecule has 0 N–H and O–H groups in total. The van der Waals surface area contributed by atoms with Crippen molar-refractivity contribution in [1.29, 1.82) is 0 Å². The first-order valence-electron chi connectivity index (χ1n) is 6.78. The fraction of sp³-hybridized carbons (Fsp3) is 0.786. The molecule has 0 saturated heterocycles. The van der Waals surface area contributed by atoms with Crippen LogP contribution in [0.3, 0.4) is 0 Å². The second-order valence-electron chi connectivity index (χ2n) is 6.46. The Bertz CT molecular complexity index is 404. The number of aromatic nitrogens is 1. The molecule has 3 heteroatoms. The lowest BCUT2D eigenvalue weighted by molar-refractivity contribution is -0.00697. The number of hydrogen-bond donors (Lipinski definition) is 0. The maximum absolute atomic E-state index is 5.90. The summed E-state index contributed by atoms with van der Waals surface area (Å²) in [6.07, 6.45) is 8.74. The predicted octanol–water partition coefficient (Wildman–Crippen LogP) is 4.35. The summed E-state index contributed by atoms with van der Waals surface area (Å²) in [6.45, 7) is 0. The van der Waals surface area contributed by atoms with Crippen molar-refractivity contribution in [2.45, 2.75) is 49.8 Å². The van der Waals surface area contributed by atoms with Crippen molar-refractivity contribution in [3.8, 4) is 0 Å². The molecule has 1 aromatic rings. The van der Waals surface area contributed by atoms with Gasteiger partial charge in [-0.2, -0.15) is 0 Å². The van der Waals surface area contributed by atoms with E-state index in [-0.39, 0.29) is 0 Å². The Morgan fingerprint density at radius 3 is 2.24 bits per heavy atom. The molecule has 4 saturated carbocycles. The minimum Gasteiger partial charge on any atom is -0.244 e. The molecule has 0 radical (unpaired) electrons. The molecule has 5 rings (SSSR count). The average Bonchev–Trinajstić information content (AvgIpc) is 2.76. The van der Waals surface area contributed by atoms with Crippen LogP contribution in [0.1, 0.15) is 49.2 Å². The highest BCUT2D eigenvalue weighted by molar-refractivity contribution is 7.09. The summed E-state index contributed by atoms with van der Waals surface area (Å²) in [5.74, 6) is 3.59. The molecular weight excluding hydrogens is 250 g/mol. The molecule has 0 amide bonds. The average molecular weight is 268 g/mol. The van der Waals surface area contributed by atoms with E-state index in [2.05, 4.69) is 5.38 Å². The smallest absolute Gasteiger partial charge is 0.108 e. The number of thiazole rings is 1. The first-order valence-corrected chi connectivity index (χ1v) is 8.20. The SMILES string of the molecule is ClCc1nc(C23CC4CC(CC(C4)C2)C3)cs1. The maximum Gasteiger partial charge on any atom is 0.108 e. The van der Waals surface area contributed by atoms with Crippen molar-refractivity contribution in [2.24, 2.45) is 17.8 Å². The third-order valence-corrected chi connectivity index (χ3v) is 6.51. The molecule has 0 spiro atoms. The topological polar surface area (TPSA) is 12.9 Å². The van der Waals surface area contributed by atoms with Crippen molar-refractivity contribution < 1.29 is 0 Å². The van der Waals surface area contributed by atoms with Crippen LogP contribution in [0.25, 0.3) is 0 Å². The summed E-state index contributed by atoms with van der Waals surface area (Å²) in [5, 5.41) is 3.41. The molecular formula is C14H18ClNS. The van der Waals surface area contributed by atoms with E-state index in [1.54, 1.807) is 11.3 Å². The molecule has 17 heavy (non-hydrogen) atoms. The molecule has 92 valence electrons. The third kappa shape index (κ3) is 1.60. The lowest BCUT2D eigenvalue weighted by Crippen LogP contribution is -2.48. The first-order chi connectivity index (χ1) is 8.27. The Morgan fingerprint density at radius 1 is 1.18 bits per heavy atom. The Kier molecular flexibility index (Phi) is 2.36. The van der Waals surface area contributed by atoms with E-state index in [4.69, 9.17) is 16.6 Å². The number of hydrogen-bond acceptors (Lipinski definition) is 2. The van der Waals surface area contributed by atoms with Crippen LogP contribution in [0.5, 0.6) is 0 Å². The molecule has 4 aliphatic carbocycles. The Balaban J connectivity index is 1.72. The largest absolute Gasteiger partial charge is 0.244 e. The van der Waals surface area contributed by atoms with Crippen LogP contribution in [-0.2, 0) is 11.3 Å². The monoisotopic (exact) mass is 267 g/mol. The number of halogens is 1. The van der Waals surface area contributed by atoms with Crippen molar-refractivity contribution in [3.63, 3.8) is 0 Å². The highest BCUT2D eigenvalue weighted by Gasteiger charge is 2.52. The predicted molar refractivity (Wildman–Crippen MR) is 71.5 cm³/mol. The minimum atomic E-state index is 0.454. The van der Waals surface area contributed by atoms with Gasteiger partial charge in [-0.3, -0.25) is 0 Å². The van der Waals surface area contributed by atoms with E-state index < -0.39 is 0 Å². The molecule has 0 aromatic carbocycles. The van der Waals surface area contributed by atoms with Crippen molar-refractivity contribution in [1.82, 2.24) is 4.98 Å². The highest BCUT2D eigenvalue weighted by Crippen LogP contribution is 2.60. The zero-order valence-corrected chi connectivity index (χ0v) is 11.6. The van der Waals surface area contributed by atoms with Crippen molar-refractivity contribution in [2.75, 3.05) is 0 Å².